The van der Waals surface area contributed by atoms with Crippen LogP contribution in [0.15, 0.2) is 0 Å². The van der Waals surface area contributed by atoms with Crippen LogP contribution in [0, 0.1) is 0 Å². The molecular weight excluding hydrogens is 348 g/mol. The Balaban J connectivity index is 2.15. The summed E-state index contributed by atoms with van der Waals surface area (Å²) in [4.78, 5) is 11.0. The minimum atomic E-state index is -1.86. The van der Waals surface area contributed by atoms with Crippen LogP contribution in [-0.4, -0.2) is 117 Å². The number of carboxylic acids is 1. The maximum Gasteiger partial charge on any atom is 0.335 e. The average Bonchev–Trinajstić information content (AvgIpc) is 2.58. The topological polar surface area (TPSA) is 196 Å². The first-order valence-electron chi connectivity index (χ1n) is 7.46. The second-order valence-electron chi connectivity index (χ2n) is 5.78. The molecule has 10 unspecified atom stereocenters. The summed E-state index contributed by atoms with van der Waals surface area (Å²) in [5.41, 5.74) is 0. The van der Waals surface area contributed by atoms with Crippen LogP contribution in [0.25, 0.3) is 0 Å². The Morgan fingerprint density at radius 1 is 0.920 bits per heavy atom. The maximum atomic E-state index is 11.0. The fourth-order valence-corrected chi connectivity index (χ4v) is 2.71. The number of aliphatic hydroxyl groups excluding tert-OH is 6. The van der Waals surface area contributed by atoms with Gasteiger partial charge in [0.1, 0.15) is 42.7 Å². The summed E-state index contributed by atoms with van der Waals surface area (Å²) in [6.45, 7) is -0.689. The maximum absolute atomic E-state index is 11.0. The highest BCUT2D eigenvalue weighted by Crippen LogP contribution is 2.29. The Morgan fingerprint density at radius 2 is 1.56 bits per heavy atom. The van der Waals surface area contributed by atoms with Crippen LogP contribution in [0.5, 0.6) is 0 Å². The lowest BCUT2D eigenvalue weighted by Crippen LogP contribution is -2.65. The van der Waals surface area contributed by atoms with Gasteiger partial charge in [-0.05, 0) is 0 Å². The van der Waals surface area contributed by atoms with Crippen molar-refractivity contribution < 1.29 is 59.5 Å². The second-order valence-corrected chi connectivity index (χ2v) is 5.78. The quantitative estimate of drug-likeness (QED) is 0.245. The first-order valence-corrected chi connectivity index (χ1v) is 7.46. The predicted octanol–water partition coefficient (Wildman–Crippen LogP) is -4.65. The van der Waals surface area contributed by atoms with Crippen molar-refractivity contribution in [1.29, 1.82) is 0 Å². The van der Waals surface area contributed by atoms with Crippen LogP contribution >= 0.6 is 0 Å². The lowest BCUT2D eigenvalue weighted by molar-refractivity contribution is -0.361. The van der Waals surface area contributed by atoms with Gasteiger partial charge in [-0.15, -0.1) is 0 Å². The van der Waals surface area contributed by atoms with Crippen molar-refractivity contribution in [2.75, 3.05) is 13.7 Å². The summed E-state index contributed by atoms with van der Waals surface area (Å²) in [6.07, 6.45) is -16.3. The van der Waals surface area contributed by atoms with Crippen LogP contribution in [0.2, 0.25) is 0 Å². The summed E-state index contributed by atoms with van der Waals surface area (Å²) < 4.78 is 20.3. The monoisotopic (exact) mass is 370 g/mol. The van der Waals surface area contributed by atoms with Crippen molar-refractivity contribution in [3.8, 4) is 0 Å². The third kappa shape index (κ3) is 3.93. The summed E-state index contributed by atoms with van der Waals surface area (Å²) in [7, 11) is 1.14. The standard InChI is InChI=1S/C13H22O12/c1-22-13-10(7(18)6(17)9(24-13)11(20)21)25-12-8(19)5(16)4(15)3(2-14)23-12/h3-10,12-19H,2H2,1H3,(H,20,21). The molecule has 0 aliphatic carbocycles. The molecule has 0 amide bonds. The minimum Gasteiger partial charge on any atom is -0.479 e. The number of aliphatic carboxylic acids is 1. The lowest BCUT2D eigenvalue weighted by Gasteiger charge is -2.45. The molecule has 25 heavy (non-hydrogen) atoms. The molecule has 0 aromatic carbocycles. The smallest absolute Gasteiger partial charge is 0.335 e. The fraction of sp³-hybridized carbons (Fsp3) is 0.923. The summed E-state index contributed by atoms with van der Waals surface area (Å²) in [5, 5.41) is 67.5. The van der Waals surface area contributed by atoms with Gasteiger partial charge in [0.25, 0.3) is 0 Å². The van der Waals surface area contributed by atoms with Gasteiger partial charge in [-0.25, -0.2) is 4.79 Å². The van der Waals surface area contributed by atoms with Crippen molar-refractivity contribution in [1.82, 2.24) is 0 Å². The number of methoxy groups -OCH3 is 1. The number of carboxylic acid groups (broad SMARTS) is 1. The van der Waals surface area contributed by atoms with Crippen molar-refractivity contribution in [3.63, 3.8) is 0 Å². The van der Waals surface area contributed by atoms with E-state index < -0.39 is 74.0 Å². The molecule has 7 N–H and O–H groups in total. The van der Waals surface area contributed by atoms with Gasteiger partial charge in [0, 0.05) is 7.11 Å². The van der Waals surface area contributed by atoms with Crippen LogP contribution < -0.4 is 0 Å². The molecule has 12 nitrogen and oxygen atoms in total. The average molecular weight is 370 g/mol. The fourth-order valence-electron chi connectivity index (χ4n) is 2.71. The van der Waals surface area contributed by atoms with Crippen molar-refractivity contribution >= 4 is 5.97 Å². The summed E-state index contributed by atoms with van der Waals surface area (Å²) in [5.74, 6) is -1.53. The van der Waals surface area contributed by atoms with E-state index in [9.17, 15) is 30.3 Å². The number of hydrogen-bond acceptors (Lipinski definition) is 11. The number of rotatable bonds is 5. The highest BCUT2D eigenvalue weighted by molar-refractivity contribution is 5.73. The van der Waals surface area contributed by atoms with Crippen molar-refractivity contribution in [2.24, 2.45) is 0 Å². The molecule has 2 saturated heterocycles. The SMILES string of the molecule is COC1OC(C(=O)O)C(O)C(O)C1OC1OC(CO)C(O)C(O)C1O. The summed E-state index contributed by atoms with van der Waals surface area (Å²) in [6, 6.07) is 0. The molecule has 0 spiro atoms. The Hall–Kier alpha value is -0.930. The molecule has 2 fully saturated rings. The van der Waals surface area contributed by atoms with Gasteiger partial charge < -0.3 is 54.7 Å². The van der Waals surface area contributed by atoms with E-state index in [4.69, 9.17) is 29.2 Å². The van der Waals surface area contributed by atoms with E-state index in [0.717, 1.165) is 7.11 Å². The highest BCUT2D eigenvalue weighted by atomic mass is 16.8. The first-order chi connectivity index (χ1) is 11.7. The number of ether oxygens (including phenoxy) is 4. The molecule has 12 heteroatoms. The van der Waals surface area contributed by atoms with E-state index in [2.05, 4.69) is 0 Å². The molecule has 2 rings (SSSR count). The third-order valence-electron chi connectivity index (χ3n) is 4.16. The second kappa shape index (κ2) is 8.18. The van der Waals surface area contributed by atoms with Gasteiger partial charge >= 0.3 is 5.97 Å². The molecule has 0 radical (unpaired) electrons. The number of aliphatic hydroxyl groups is 6. The van der Waals surface area contributed by atoms with Crippen LogP contribution in [0.4, 0.5) is 0 Å². The molecule has 146 valence electrons. The van der Waals surface area contributed by atoms with Crippen LogP contribution in [0.1, 0.15) is 0 Å². The Bertz CT molecular complexity index is 456. The van der Waals surface area contributed by atoms with Gasteiger partial charge in [-0.1, -0.05) is 0 Å². The van der Waals surface area contributed by atoms with Crippen LogP contribution in [0.3, 0.4) is 0 Å². The largest absolute Gasteiger partial charge is 0.479 e. The van der Waals surface area contributed by atoms with E-state index in [1.807, 2.05) is 0 Å². The van der Waals surface area contributed by atoms with Gasteiger partial charge in [0.2, 0.25) is 0 Å². The van der Waals surface area contributed by atoms with E-state index in [1.54, 1.807) is 0 Å². The Kier molecular flexibility index (Phi) is 6.67. The molecular formula is C13H22O12. The number of carbonyl (C=O) groups is 1. The molecule has 10 atom stereocenters. The van der Waals surface area contributed by atoms with Gasteiger partial charge in [-0.3, -0.25) is 0 Å². The zero-order valence-corrected chi connectivity index (χ0v) is 13.2. The molecule has 2 heterocycles. The van der Waals surface area contributed by atoms with E-state index in [1.165, 1.54) is 0 Å². The van der Waals surface area contributed by atoms with Gasteiger partial charge in [-0.2, -0.15) is 0 Å². The van der Waals surface area contributed by atoms with E-state index in [0.29, 0.717) is 0 Å². The zero-order valence-electron chi connectivity index (χ0n) is 13.2. The van der Waals surface area contributed by atoms with E-state index in [-0.39, 0.29) is 0 Å². The Labute approximate surface area is 141 Å². The molecule has 0 aromatic heterocycles. The zero-order chi connectivity index (χ0) is 18.9. The molecule has 0 saturated carbocycles. The van der Waals surface area contributed by atoms with Gasteiger partial charge in [0.05, 0.1) is 6.61 Å². The normalized spacial score (nSPS) is 48.3. The van der Waals surface area contributed by atoms with E-state index >= 15 is 0 Å². The molecule has 0 bridgehead atoms. The lowest BCUT2D eigenvalue weighted by atomic mass is 9.97. The summed E-state index contributed by atoms with van der Waals surface area (Å²) >= 11 is 0. The molecule has 2 aliphatic rings. The Morgan fingerprint density at radius 3 is 2.08 bits per heavy atom. The highest BCUT2D eigenvalue weighted by Gasteiger charge is 2.52. The van der Waals surface area contributed by atoms with Crippen molar-refractivity contribution in [3.05, 3.63) is 0 Å². The molecule has 0 aromatic rings. The van der Waals surface area contributed by atoms with Gasteiger partial charge in [0.15, 0.2) is 18.7 Å². The molecule has 2 aliphatic heterocycles. The first kappa shape index (κ1) is 20.4. The third-order valence-corrected chi connectivity index (χ3v) is 4.16. The van der Waals surface area contributed by atoms with Crippen molar-refractivity contribution in [2.45, 2.75) is 61.4 Å². The predicted molar refractivity (Wildman–Crippen MR) is 74.0 cm³/mol. The number of hydrogen-bond donors (Lipinski definition) is 7. The van der Waals surface area contributed by atoms with Crippen LogP contribution in [-0.2, 0) is 23.7 Å². The minimum absolute atomic E-state index is 0.689.